The van der Waals surface area contributed by atoms with Crippen LogP contribution in [0.4, 0.5) is 0 Å². The summed E-state index contributed by atoms with van der Waals surface area (Å²) in [6.45, 7) is 0. The molecule has 0 unspecified atom stereocenters. The summed E-state index contributed by atoms with van der Waals surface area (Å²) >= 11 is 0. The van der Waals surface area contributed by atoms with Crippen molar-refractivity contribution in [3.63, 3.8) is 0 Å². The van der Waals surface area contributed by atoms with Gasteiger partial charge >= 0.3 is 0 Å². The first-order chi connectivity index (χ1) is 21.9. The normalized spacial score (nSPS) is 11.6. The maximum absolute atomic E-state index is 2.42. The zero-order valence-corrected chi connectivity index (χ0v) is 24.1. The molecule has 206 valence electrons. The number of rotatable bonds is 2. The molecule has 2 heteroatoms. The molecule has 0 spiro atoms. The van der Waals surface area contributed by atoms with Crippen molar-refractivity contribution in [3.8, 4) is 11.4 Å². The van der Waals surface area contributed by atoms with E-state index in [4.69, 9.17) is 0 Å². The third-order valence-corrected chi connectivity index (χ3v) is 8.93. The minimum absolute atomic E-state index is 1.14. The monoisotopic (exact) mass is 560 g/mol. The predicted molar refractivity (Wildman–Crippen MR) is 188 cm³/mol. The Hall–Kier alpha value is -5.86. The Bertz CT molecular complexity index is 2410. The second kappa shape index (κ2) is 9.86. The zero-order valence-electron chi connectivity index (χ0n) is 24.1. The number of hydrogen-bond donors (Lipinski definition) is 0. The van der Waals surface area contributed by atoms with Crippen molar-refractivity contribution in [1.29, 1.82) is 0 Å². The number of hydrogen-bond acceptors (Lipinski definition) is 0. The highest BCUT2D eigenvalue weighted by Gasteiger charge is 2.17. The Balaban J connectivity index is 1.64. The van der Waals surface area contributed by atoms with E-state index in [9.17, 15) is 0 Å². The molecule has 0 atom stereocenters. The highest BCUT2D eigenvalue weighted by Crippen LogP contribution is 2.39. The van der Waals surface area contributed by atoms with Gasteiger partial charge in [0.25, 0.3) is 0 Å². The van der Waals surface area contributed by atoms with Gasteiger partial charge in [-0.05, 0) is 91.6 Å². The molecule has 0 aliphatic rings. The van der Waals surface area contributed by atoms with Crippen LogP contribution in [0, 0.1) is 0 Å². The molecule has 1 heterocycles. The average Bonchev–Trinajstić information content (AvgIpc) is 3.10. The van der Waals surface area contributed by atoms with Crippen molar-refractivity contribution in [2.24, 2.45) is 0 Å². The summed E-state index contributed by atoms with van der Waals surface area (Å²) in [6, 6.07) is 61.6. The lowest BCUT2D eigenvalue weighted by atomic mass is 9.94. The lowest BCUT2D eigenvalue weighted by Gasteiger charge is -2.23. The summed E-state index contributed by atoms with van der Waals surface area (Å²) < 4.78 is 4.84. The van der Waals surface area contributed by atoms with Crippen molar-refractivity contribution in [2.45, 2.75) is 0 Å². The van der Waals surface area contributed by atoms with E-state index < -0.39 is 0 Å². The Morgan fingerprint density at radius 1 is 0.227 bits per heavy atom. The summed E-state index contributed by atoms with van der Waals surface area (Å²) in [7, 11) is 0. The van der Waals surface area contributed by atoms with E-state index in [2.05, 4.69) is 179 Å². The van der Waals surface area contributed by atoms with Gasteiger partial charge in [-0.1, -0.05) is 121 Å². The van der Waals surface area contributed by atoms with Gasteiger partial charge in [0.2, 0.25) is 0 Å². The quantitative estimate of drug-likeness (QED) is 0.186. The van der Waals surface area contributed by atoms with Crippen LogP contribution in [0.15, 0.2) is 170 Å². The lowest BCUT2D eigenvalue weighted by Crippen LogP contribution is -2.08. The second-order valence-electron chi connectivity index (χ2n) is 11.4. The molecule has 2 nitrogen and oxygen atoms in total. The number of para-hydroxylation sites is 4. The van der Waals surface area contributed by atoms with Crippen molar-refractivity contribution >= 4 is 65.2 Å². The molecule has 0 aliphatic heterocycles. The molecule has 0 aliphatic carbocycles. The van der Waals surface area contributed by atoms with E-state index in [-0.39, 0.29) is 0 Å². The molecule has 0 bridgehead atoms. The largest absolute Gasteiger partial charge is 0.306 e. The number of benzene rings is 7. The van der Waals surface area contributed by atoms with Crippen molar-refractivity contribution < 1.29 is 0 Å². The van der Waals surface area contributed by atoms with Gasteiger partial charge in [-0.3, -0.25) is 0 Å². The van der Waals surface area contributed by atoms with Gasteiger partial charge in [0, 0.05) is 11.4 Å². The highest BCUT2D eigenvalue weighted by molar-refractivity contribution is 6.27. The van der Waals surface area contributed by atoms with E-state index in [1.54, 1.807) is 0 Å². The molecule has 9 aromatic rings. The third-order valence-electron chi connectivity index (χ3n) is 8.93. The van der Waals surface area contributed by atoms with Crippen molar-refractivity contribution in [3.05, 3.63) is 170 Å². The van der Waals surface area contributed by atoms with E-state index >= 15 is 0 Å². The van der Waals surface area contributed by atoms with Crippen LogP contribution in [0.1, 0.15) is 0 Å². The standard InChI is InChI=1S/C42H28N2/c1-3-15-29(16-4-1)43-39-25-13-14-26-40(39)44(30-17-5-2-6-18-30)42-28-38-36-24-12-10-22-34(36)32-20-8-7-19-31(32)33-21-9-11-23-35(33)37(38)27-41(42)43/h1-28H. The van der Waals surface area contributed by atoms with Gasteiger partial charge in [0.05, 0.1) is 22.1 Å². The Labute approximate surface area is 255 Å². The van der Waals surface area contributed by atoms with E-state index in [0.717, 1.165) is 33.4 Å². The molecule has 9 rings (SSSR count). The first-order valence-electron chi connectivity index (χ1n) is 15.1. The van der Waals surface area contributed by atoms with Gasteiger partial charge in [0.15, 0.2) is 0 Å². The summed E-state index contributed by atoms with van der Waals surface area (Å²) in [5, 5.41) is 9.97. The SMILES string of the molecule is c1ccc(-n2c3ccccc3n(-c3ccccc3)c3cc4c5ccccc5c5ccccc5c5ccccc5c4cc32)cc1. The summed E-state index contributed by atoms with van der Waals surface area (Å²) in [6.07, 6.45) is 0. The summed E-state index contributed by atoms with van der Waals surface area (Å²) in [5.41, 5.74) is 6.88. The molecular formula is C42H28N2. The smallest absolute Gasteiger partial charge is 0.0709 e. The highest BCUT2D eigenvalue weighted by atomic mass is 15.1. The molecule has 8 aromatic carbocycles. The summed E-state index contributed by atoms with van der Waals surface area (Å²) in [5.74, 6) is 0. The zero-order chi connectivity index (χ0) is 29.0. The van der Waals surface area contributed by atoms with Gasteiger partial charge in [-0.25, -0.2) is 0 Å². The third kappa shape index (κ3) is 3.68. The molecule has 1 aromatic heterocycles. The molecule has 0 saturated carbocycles. The van der Waals surface area contributed by atoms with Crippen LogP contribution >= 0.6 is 0 Å². The number of aromatic nitrogens is 2. The maximum atomic E-state index is 2.42. The van der Waals surface area contributed by atoms with Crippen molar-refractivity contribution in [1.82, 2.24) is 9.13 Å². The topological polar surface area (TPSA) is 9.86 Å². The van der Waals surface area contributed by atoms with Crippen LogP contribution in [0.2, 0.25) is 0 Å². The van der Waals surface area contributed by atoms with E-state index in [1.807, 2.05) is 0 Å². The Kier molecular flexibility index (Phi) is 5.54. The molecular weight excluding hydrogens is 532 g/mol. The fraction of sp³-hybridized carbons (Fsp3) is 0. The number of fused-ring (bicyclic) bond motifs is 10. The molecule has 44 heavy (non-hydrogen) atoms. The van der Waals surface area contributed by atoms with Crippen LogP contribution in [0.5, 0.6) is 0 Å². The maximum Gasteiger partial charge on any atom is 0.0709 e. The van der Waals surface area contributed by atoms with Gasteiger partial charge in [-0.2, -0.15) is 0 Å². The fourth-order valence-electron chi connectivity index (χ4n) is 7.05. The minimum atomic E-state index is 1.14. The Morgan fingerprint density at radius 3 is 0.841 bits per heavy atom. The van der Waals surface area contributed by atoms with Gasteiger partial charge in [0.1, 0.15) is 0 Å². The Morgan fingerprint density at radius 2 is 0.500 bits per heavy atom. The van der Waals surface area contributed by atoms with Crippen LogP contribution in [-0.4, -0.2) is 9.13 Å². The van der Waals surface area contributed by atoms with E-state index in [1.165, 1.54) is 43.1 Å². The number of nitrogens with zero attached hydrogens (tertiary/aromatic N) is 2. The molecule has 0 fully saturated rings. The first-order valence-corrected chi connectivity index (χ1v) is 15.1. The van der Waals surface area contributed by atoms with Crippen LogP contribution in [-0.2, 0) is 0 Å². The average molecular weight is 561 g/mol. The molecule has 0 N–H and O–H groups in total. The lowest BCUT2D eigenvalue weighted by molar-refractivity contribution is 1.09. The van der Waals surface area contributed by atoms with Crippen LogP contribution in [0.3, 0.4) is 0 Å². The fourth-order valence-corrected chi connectivity index (χ4v) is 7.05. The molecule has 0 saturated heterocycles. The van der Waals surface area contributed by atoms with Crippen molar-refractivity contribution in [2.75, 3.05) is 0 Å². The first kappa shape index (κ1) is 24.7. The van der Waals surface area contributed by atoms with Gasteiger partial charge in [-0.15, -0.1) is 0 Å². The minimum Gasteiger partial charge on any atom is -0.306 e. The van der Waals surface area contributed by atoms with Gasteiger partial charge < -0.3 is 9.13 Å². The van der Waals surface area contributed by atoms with Crippen LogP contribution < -0.4 is 0 Å². The van der Waals surface area contributed by atoms with Crippen LogP contribution in [0.25, 0.3) is 76.5 Å². The summed E-state index contributed by atoms with van der Waals surface area (Å²) in [4.78, 5) is 0. The predicted octanol–water partition coefficient (Wildman–Crippen LogP) is 11.3. The molecule has 0 radical (unpaired) electrons. The molecule has 0 amide bonds. The van der Waals surface area contributed by atoms with E-state index in [0.29, 0.717) is 0 Å². The second-order valence-corrected chi connectivity index (χ2v) is 11.4.